The zero-order valence-electron chi connectivity index (χ0n) is 14.8. The number of thioether (sulfide) groups is 1. The maximum Gasteiger partial charge on any atom is 0.416 e. The maximum absolute atomic E-state index is 14.0. The Hall–Kier alpha value is -2.55. The second-order valence-corrected chi connectivity index (χ2v) is 7.66. The van der Waals surface area contributed by atoms with Crippen molar-refractivity contribution in [3.05, 3.63) is 65.0 Å². The number of amides is 1. The minimum Gasteiger partial charge on any atom is -0.379 e. The van der Waals surface area contributed by atoms with Gasteiger partial charge in [0.25, 0.3) is 5.91 Å². The fraction of sp³-hybridized carbons (Fsp3) is 0.263. The van der Waals surface area contributed by atoms with E-state index in [4.69, 9.17) is 5.73 Å². The molecule has 1 unspecified atom stereocenters. The van der Waals surface area contributed by atoms with Crippen molar-refractivity contribution in [3.8, 4) is 0 Å². The van der Waals surface area contributed by atoms with E-state index in [1.165, 1.54) is 11.8 Å². The van der Waals surface area contributed by atoms with Crippen LogP contribution in [0.5, 0.6) is 0 Å². The van der Waals surface area contributed by atoms with Crippen molar-refractivity contribution in [1.29, 1.82) is 0 Å². The van der Waals surface area contributed by atoms with Crippen LogP contribution >= 0.6 is 11.8 Å². The lowest BCUT2D eigenvalue weighted by Crippen LogP contribution is -2.28. The van der Waals surface area contributed by atoms with Crippen molar-refractivity contribution in [2.75, 3.05) is 11.1 Å². The predicted octanol–water partition coefficient (Wildman–Crippen LogP) is 4.76. The zero-order valence-corrected chi connectivity index (χ0v) is 15.6. The van der Waals surface area contributed by atoms with E-state index in [0.717, 1.165) is 23.8 Å². The number of hydrogen-bond donors (Lipinski definition) is 2. The van der Waals surface area contributed by atoms with E-state index in [2.05, 4.69) is 10.3 Å². The van der Waals surface area contributed by atoms with Crippen molar-refractivity contribution >= 4 is 28.5 Å². The Kier molecular flexibility index (Phi) is 5.38. The van der Waals surface area contributed by atoms with E-state index in [1.807, 2.05) is 13.0 Å². The molecule has 0 bridgehead atoms. The molecule has 0 saturated heterocycles. The van der Waals surface area contributed by atoms with Gasteiger partial charge in [-0.1, -0.05) is 23.9 Å². The largest absolute Gasteiger partial charge is 0.416 e. The average molecular weight is 411 g/mol. The van der Waals surface area contributed by atoms with Crippen LogP contribution in [0, 0.1) is 5.82 Å². The molecule has 2 aromatic rings. The monoisotopic (exact) mass is 411 g/mol. The number of carbonyl (C=O) groups excluding carboxylic acids is 1. The Morgan fingerprint density at radius 3 is 2.64 bits per heavy atom. The third-order valence-corrected chi connectivity index (χ3v) is 5.27. The molecule has 9 heteroatoms. The number of rotatable bonds is 3. The molecular formula is C19H17F4N3OS. The van der Waals surface area contributed by atoms with E-state index in [1.54, 1.807) is 18.2 Å². The zero-order chi connectivity index (χ0) is 20.5. The van der Waals surface area contributed by atoms with Gasteiger partial charge in [0.1, 0.15) is 5.82 Å². The summed E-state index contributed by atoms with van der Waals surface area (Å²) in [5.74, 6) is -1.27. The smallest absolute Gasteiger partial charge is 0.379 e. The number of halogens is 4. The molecule has 0 spiro atoms. The number of nitrogens with two attached hydrogens (primary N) is 1. The van der Waals surface area contributed by atoms with Gasteiger partial charge in [0.05, 0.1) is 16.7 Å². The fourth-order valence-electron chi connectivity index (χ4n) is 2.90. The molecule has 28 heavy (non-hydrogen) atoms. The molecule has 1 aliphatic heterocycles. The van der Waals surface area contributed by atoms with Gasteiger partial charge >= 0.3 is 6.18 Å². The van der Waals surface area contributed by atoms with Crippen LogP contribution in [0.4, 0.5) is 23.2 Å². The quantitative estimate of drug-likeness (QED) is 0.716. The van der Waals surface area contributed by atoms with Gasteiger partial charge in [0.2, 0.25) is 0 Å². The minimum absolute atomic E-state index is 0.309. The molecule has 1 heterocycles. The summed E-state index contributed by atoms with van der Waals surface area (Å²) >= 11 is 1.47. The fourth-order valence-corrected chi connectivity index (χ4v) is 3.88. The first-order valence-corrected chi connectivity index (χ1v) is 9.34. The molecule has 3 rings (SSSR count). The van der Waals surface area contributed by atoms with E-state index < -0.39 is 34.6 Å². The van der Waals surface area contributed by atoms with Gasteiger partial charge in [-0.15, -0.1) is 0 Å². The van der Waals surface area contributed by atoms with Crippen LogP contribution in [0.15, 0.2) is 47.5 Å². The highest BCUT2D eigenvalue weighted by Crippen LogP contribution is 2.36. The first-order chi connectivity index (χ1) is 13.1. The van der Waals surface area contributed by atoms with Crippen molar-refractivity contribution < 1.29 is 22.4 Å². The molecule has 0 fully saturated rings. The van der Waals surface area contributed by atoms with Crippen LogP contribution in [0.25, 0.3) is 0 Å². The van der Waals surface area contributed by atoms with Gasteiger partial charge in [0.15, 0.2) is 5.17 Å². The van der Waals surface area contributed by atoms with Crippen molar-refractivity contribution in [3.63, 3.8) is 0 Å². The average Bonchev–Trinajstić information content (AvgIpc) is 2.61. The van der Waals surface area contributed by atoms with Crippen LogP contribution < -0.4 is 11.1 Å². The third kappa shape index (κ3) is 4.30. The summed E-state index contributed by atoms with van der Waals surface area (Å²) in [5.41, 5.74) is 4.86. The molecule has 1 aliphatic rings. The highest BCUT2D eigenvalue weighted by atomic mass is 32.2. The number of alkyl halides is 3. The normalized spacial score (nSPS) is 19.8. The number of nitrogens with zero attached hydrogens (tertiary/aromatic N) is 1. The highest BCUT2D eigenvalue weighted by molar-refractivity contribution is 8.13. The molecule has 2 aromatic carbocycles. The first-order valence-electron chi connectivity index (χ1n) is 8.35. The molecular weight excluding hydrogens is 394 g/mol. The van der Waals surface area contributed by atoms with Crippen molar-refractivity contribution in [2.24, 2.45) is 10.7 Å². The van der Waals surface area contributed by atoms with Crippen LogP contribution in [0.2, 0.25) is 0 Å². The second kappa shape index (κ2) is 7.46. The van der Waals surface area contributed by atoms with Gasteiger partial charge < -0.3 is 11.1 Å². The maximum atomic E-state index is 14.0. The van der Waals surface area contributed by atoms with Crippen molar-refractivity contribution in [1.82, 2.24) is 0 Å². The number of anilines is 1. The summed E-state index contributed by atoms with van der Waals surface area (Å²) in [6.07, 6.45) is -3.93. The van der Waals surface area contributed by atoms with Gasteiger partial charge in [-0.3, -0.25) is 9.79 Å². The first kappa shape index (κ1) is 20.2. The number of aliphatic imine (C=N–C) groups is 1. The Balaban J connectivity index is 1.83. The molecule has 4 nitrogen and oxygen atoms in total. The lowest BCUT2D eigenvalue weighted by molar-refractivity contribution is -0.137. The summed E-state index contributed by atoms with van der Waals surface area (Å²) < 4.78 is 51.9. The summed E-state index contributed by atoms with van der Waals surface area (Å²) in [4.78, 5) is 16.8. The SMILES string of the molecule is CC1(c2cccc(NC(=O)c3ccc(C(F)(F)F)cc3F)c2)CCSC(N)=N1. The van der Waals surface area contributed by atoms with E-state index in [0.29, 0.717) is 23.0 Å². The van der Waals surface area contributed by atoms with E-state index in [9.17, 15) is 22.4 Å². The standard InChI is InChI=1S/C19H17F4N3OS/c1-18(7-8-28-17(24)26-18)11-3-2-4-13(9-11)25-16(27)14-6-5-12(10-15(14)20)19(21,22)23/h2-6,9-10H,7-8H2,1H3,(H2,24,26)(H,25,27). The number of hydrogen-bond acceptors (Lipinski definition) is 4. The molecule has 148 valence electrons. The summed E-state index contributed by atoms with van der Waals surface area (Å²) in [7, 11) is 0. The van der Waals surface area contributed by atoms with Crippen LogP contribution in [-0.4, -0.2) is 16.8 Å². The lowest BCUT2D eigenvalue weighted by atomic mass is 9.89. The topological polar surface area (TPSA) is 67.5 Å². The Morgan fingerprint density at radius 2 is 2.00 bits per heavy atom. The minimum atomic E-state index is -4.68. The molecule has 1 atom stereocenters. The molecule has 0 aliphatic carbocycles. The van der Waals surface area contributed by atoms with Crippen molar-refractivity contribution in [2.45, 2.75) is 25.1 Å². The Labute approximate surface area is 163 Å². The van der Waals surface area contributed by atoms with E-state index in [-0.39, 0.29) is 0 Å². The molecule has 0 radical (unpaired) electrons. The predicted molar refractivity (Wildman–Crippen MR) is 102 cm³/mol. The van der Waals surface area contributed by atoms with Gasteiger partial charge in [-0.2, -0.15) is 13.2 Å². The number of benzene rings is 2. The third-order valence-electron chi connectivity index (χ3n) is 4.48. The van der Waals surface area contributed by atoms with Gasteiger partial charge in [0, 0.05) is 11.4 Å². The lowest BCUT2D eigenvalue weighted by Gasteiger charge is -2.30. The summed E-state index contributed by atoms with van der Waals surface area (Å²) in [5, 5.41) is 3.00. The van der Waals surface area contributed by atoms with Crippen LogP contribution in [0.3, 0.4) is 0 Å². The molecule has 0 saturated carbocycles. The number of carbonyl (C=O) groups is 1. The highest BCUT2D eigenvalue weighted by Gasteiger charge is 2.32. The van der Waals surface area contributed by atoms with Crippen LogP contribution in [0.1, 0.15) is 34.8 Å². The van der Waals surface area contributed by atoms with E-state index >= 15 is 0 Å². The van der Waals surface area contributed by atoms with Gasteiger partial charge in [-0.05, 0) is 49.2 Å². The van der Waals surface area contributed by atoms with Gasteiger partial charge in [-0.25, -0.2) is 4.39 Å². The van der Waals surface area contributed by atoms with Crippen LogP contribution in [-0.2, 0) is 11.7 Å². The molecule has 3 N–H and O–H groups in total. The second-order valence-electron chi connectivity index (χ2n) is 6.55. The molecule has 0 aromatic heterocycles. The Bertz CT molecular complexity index is 945. The Morgan fingerprint density at radius 1 is 1.25 bits per heavy atom. The number of amidine groups is 1. The number of nitrogens with one attached hydrogen (secondary N) is 1. The summed E-state index contributed by atoms with van der Waals surface area (Å²) in [6, 6.07) is 8.68. The molecule has 1 amide bonds. The summed E-state index contributed by atoms with van der Waals surface area (Å²) in [6.45, 7) is 1.93.